The average molecular weight is 484 g/mol. The minimum absolute atomic E-state index is 0.0323. The van der Waals surface area contributed by atoms with E-state index in [1.54, 1.807) is 24.3 Å². The zero-order chi connectivity index (χ0) is 24.0. The molecule has 1 amide bonds. The Morgan fingerprint density at radius 1 is 1.00 bits per heavy atom. The number of rotatable bonds is 7. The Hall–Kier alpha value is -3.87. The Balaban J connectivity index is 1.57. The monoisotopic (exact) mass is 483 g/mol. The highest BCUT2D eigenvalue weighted by Gasteiger charge is 2.16. The van der Waals surface area contributed by atoms with Crippen LogP contribution in [0.25, 0.3) is 0 Å². The molecule has 0 saturated heterocycles. The standard InChI is InChI=1S/C23H18ClN3O5S/c1-15-2-7-18(8-3-15)27-33(30,31)20-10-5-16(6-11-20)23(29)32-14-22(28)26-19-9-4-17(13-25)21(24)12-19/h2-12,27H,14H2,1H3,(H,26,28). The van der Waals surface area contributed by atoms with Crippen LogP contribution in [0.4, 0.5) is 11.4 Å². The van der Waals surface area contributed by atoms with Gasteiger partial charge in [0.25, 0.3) is 15.9 Å². The van der Waals surface area contributed by atoms with Crippen LogP contribution in [-0.4, -0.2) is 26.9 Å². The molecule has 0 aromatic heterocycles. The molecule has 0 fully saturated rings. The number of nitriles is 1. The van der Waals surface area contributed by atoms with Crippen molar-refractivity contribution < 1.29 is 22.7 Å². The summed E-state index contributed by atoms with van der Waals surface area (Å²) < 4.78 is 32.5. The molecule has 0 aliphatic carbocycles. The van der Waals surface area contributed by atoms with E-state index in [1.165, 1.54) is 42.5 Å². The number of benzene rings is 3. The van der Waals surface area contributed by atoms with E-state index in [9.17, 15) is 18.0 Å². The number of sulfonamides is 1. The third-order valence-corrected chi connectivity index (χ3v) is 6.12. The summed E-state index contributed by atoms with van der Waals surface area (Å²) >= 11 is 5.91. The average Bonchev–Trinajstić information content (AvgIpc) is 2.79. The fourth-order valence-electron chi connectivity index (χ4n) is 2.70. The molecule has 0 saturated carbocycles. The molecule has 0 unspecified atom stereocenters. The Morgan fingerprint density at radius 3 is 2.24 bits per heavy atom. The maximum absolute atomic E-state index is 12.5. The number of esters is 1. The number of carbonyl (C=O) groups is 2. The van der Waals surface area contributed by atoms with Gasteiger partial charge in [0, 0.05) is 11.4 Å². The summed E-state index contributed by atoms with van der Waals surface area (Å²) in [6, 6.07) is 18.2. The first-order valence-corrected chi connectivity index (χ1v) is 11.4. The third-order valence-electron chi connectivity index (χ3n) is 4.41. The van der Waals surface area contributed by atoms with Crippen molar-refractivity contribution in [3.8, 4) is 6.07 Å². The molecule has 0 radical (unpaired) electrons. The molecule has 0 bridgehead atoms. The highest BCUT2D eigenvalue weighted by atomic mass is 35.5. The van der Waals surface area contributed by atoms with Crippen LogP contribution in [0.15, 0.2) is 71.6 Å². The van der Waals surface area contributed by atoms with Crippen LogP contribution in [0.3, 0.4) is 0 Å². The van der Waals surface area contributed by atoms with E-state index in [-0.39, 0.29) is 21.0 Å². The van der Waals surface area contributed by atoms with Crippen molar-refractivity contribution in [3.05, 3.63) is 88.4 Å². The van der Waals surface area contributed by atoms with Crippen molar-refractivity contribution >= 4 is 44.9 Å². The molecule has 168 valence electrons. The van der Waals surface area contributed by atoms with Gasteiger partial charge in [-0.3, -0.25) is 9.52 Å². The van der Waals surface area contributed by atoms with Gasteiger partial charge in [-0.1, -0.05) is 29.3 Å². The lowest BCUT2D eigenvalue weighted by Gasteiger charge is -2.10. The fourth-order valence-corrected chi connectivity index (χ4v) is 3.98. The second-order valence-electron chi connectivity index (χ2n) is 6.93. The third kappa shape index (κ3) is 6.32. The van der Waals surface area contributed by atoms with E-state index < -0.39 is 28.5 Å². The molecule has 0 aliphatic heterocycles. The van der Waals surface area contributed by atoms with E-state index in [0.29, 0.717) is 11.4 Å². The topological polar surface area (TPSA) is 125 Å². The number of aryl methyl sites for hydroxylation is 1. The van der Waals surface area contributed by atoms with Crippen LogP contribution in [0, 0.1) is 18.3 Å². The number of amides is 1. The van der Waals surface area contributed by atoms with Gasteiger partial charge < -0.3 is 10.1 Å². The molecule has 0 spiro atoms. The van der Waals surface area contributed by atoms with Crippen molar-refractivity contribution in [2.75, 3.05) is 16.6 Å². The number of nitrogens with one attached hydrogen (secondary N) is 2. The normalized spacial score (nSPS) is 10.7. The molecule has 0 aliphatic rings. The number of nitrogens with zero attached hydrogens (tertiary/aromatic N) is 1. The smallest absolute Gasteiger partial charge is 0.338 e. The van der Waals surface area contributed by atoms with Gasteiger partial charge in [-0.15, -0.1) is 0 Å². The highest BCUT2D eigenvalue weighted by Crippen LogP contribution is 2.20. The maximum atomic E-state index is 12.5. The predicted molar refractivity (Wildman–Crippen MR) is 124 cm³/mol. The van der Waals surface area contributed by atoms with E-state index in [2.05, 4.69) is 10.0 Å². The van der Waals surface area contributed by atoms with E-state index in [4.69, 9.17) is 21.6 Å². The van der Waals surface area contributed by atoms with Gasteiger partial charge in [-0.05, 0) is 61.5 Å². The van der Waals surface area contributed by atoms with Gasteiger partial charge in [-0.2, -0.15) is 5.26 Å². The minimum Gasteiger partial charge on any atom is -0.452 e. The Labute approximate surface area is 195 Å². The molecule has 3 aromatic carbocycles. The Morgan fingerprint density at radius 2 is 1.64 bits per heavy atom. The van der Waals surface area contributed by atoms with Crippen LogP contribution < -0.4 is 10.0 Å². The molecule has 10 heteroatoms. The molecule has 8 nitrogen and oxygen atoms in total. The number of ether oxygens (including phenoxy) is 1. The van der Waals surface area contributed by atoms with Gasteiger partial charge in [0.05, 0.1) is 21.0 Å². The van der Waals surface area contributed by atoms with Crippen molar-refractivity contribution in [2.24, 2.45) is 0 Å². The summed E-state index contributed by atoms with van der Waals surface area (Å²) in [5.41, 5.74) is 2.10. The lowest BCUT2D eigenvalue weighted by molar-refractivity contribution is -0.119. The summed E-state index contributed by atoms with van der Waals surface area (Å²) in [4.78, 5) is 24.2. The van der Waals surface area contributed by atoms with E-state index in [0.717, 1.165) is 5.56 Å². The highest BCUT2D eigenvalue weighted by molar-refractivity contribution is 7.92. The van der Waals surface area contributed by atoms with Crippen LogP contribution >= 0.6 is 11.6 Å². The molecule has 33 heavy (non-hydrogen) atoms. The number of halogens is 1. The summed E-state index contributed by atoms with van der Waals surface area (Å²) in [5.74, 6) is -1.40. The van der Waals surface area contributed by atoms with Gasteiger partial charge in [-0.25, -0.2) is 13.2 Å². The number of hydrogen-bond donors (Lipinski definition) is 2. The SMILES string of the molecule is Cc1ccc(NS(=O)(=O)c2ccc(C(=O)OCC(=O)Nc3ccc(C#N)c(Cl)c3)cc2)cc1. The summed E-state index contributed by atoms with van der Waals surface area (Å²) in [6.45, 7) is 1.33. The molecule has 2 N–H and O–H groups in total. The van der Waals surface area contributed by atoms with E-state index >= 15 is 0 Å². The largest absolute Gasteiger partial charge is 0.452 e. The van der Waals surface area contributed by atoms with Crippen LogP contribution in [0.2, 0.25) is 5.02 Å². The lowest BCUT2D eigenvalue weighted by Crippen LogP contribution is -2.21. The molecule has 3 rings (SSSR count). The van der Waals surface area contributed by atoms with Gasteiger partial charge >= 0.3 is 5.97 Å². The van der Waals surface area contributed by atoms with Crippen LogP contribution in [0.1, 0.15) is 21.5 Å². The molecular formula is C23H18ClN3O5S. The molecule has 3 aromatic rings. The molecular weight excluding hydrogens is 466 g/mol. The predicted octanol–water partition coefficient (Wildman–Crippen LogP) is 4.12. The fraction of sp³-hybridized carbons (Fsp3) is 0.0870. The number of carbonyl (C=O) groups excluding carboxylic acids is 2. The first-order chi connectivity index (χ1) is 15.7. The maximum Gasteiger partial charge on any atom is 0.338 e. The van der Waals surface area contributed by atoms with Crippen molar-refractivity contribution in [1.29, 1.82) is 5.26 Å². The summed E-state index contributed by atoms with van der Waals surface area (Å²) in [6.07, 6.45) is 0. The number of hydrogen-bond acceptors (Lipinski definition) is 6. The molecule has 0 atom stereocenters. The Bertz CT molecular complexity index is 1330. The van der Waals surface area contributed by atoms with Crippen LogP contribution in [-0.2, 0) is 19.6 Å². The minimum atomic E-state index is -3.83. The lowest BCUT2D eigenvalue weighted by atomic mass is 10.2. The van der Waals surface area contributed by atoms with Gasteiger partial charge in [0.15, 0.2) is 6.61 Å². The van der Waals surface area contributed by atoms with Crippen LogP contribution in [0.5, 0.6) is 0 Å². The first-order valence-electron chi connectivity index (χ1n) is 9.54. The van der Waals surface area contributed by atoms with Crippen molar-refractivity contribution in [2.45, 2.75) is 11.8 Å². The summed E-state index contributed by atoms with van der Waals surface area (Å²) in [7, 11) is -3.83. The zero-order valence-electron chi connectivity index (χ0n) is 17.3. The molecule has 0 heterocycles. The van der Waals surface area contributed by atoms with Gasteiger partial charge in [0.1, 0.15) is 6.07 Å². The van der Waals surface area contributed by atoms with Crippen molar-refractivity contribution in [1.82, 2.24) is 0 Å². The van der Waals surface area contributed by atoms with Crippen molar-refractivity contribution in [3.63, 3.8) is 0 Å². The Kier molecular flexibility index (Phi) is 7.33. The van der Waals surface area contributed by atoms with Gasteiger partial charge in [0.2, 0.25) is 0 Å². The summed E-state index contributed by atoms with van der Waals surface area (Å²) in [5, 5.41) is 11.5. The number of anilines is 2. The zero-order valence-corrected chi connectivity index (χ0v) is 18.9. The van der Waals surface area contributed by atoms with E-state index in [1.807, 2.05) is 13.0 Å². The second kappa shape index (κ2) is 10.2. The first kappa shape index (κ1) is 23.8. The second-order valence-corrected chi connectivity index (χ2v) is 9.02. The quantitative estimate of drug-likeness (QED) is 0.487.